The highest BCUT2D eigenvalue weighted by molar-refractivity contribution is 5.71. The highest BCUT2D eigenvalue weighted by atomic mass is 16.2. The van der Waals surface area contributed by atoms with Gasteiger partial charge in [-0.15, -0.1) is 0 Å². The normalized spacial score (nSPS) is 11.3. The maximum atomic E-state index is 12.0. The molecule has 3 rings (SSSR count). The van der Waals surface area contributed by atoms with E-state index in [0.29, 0.717) is 11.6 Å². The Morgan fingerprint density at radius 1 is 1.21 bits per heavy atom. The van der Waals surface area contributed by atoms with Gasteiger partial charge in [0, 0.05) is 20.3 Å². The van der Waals surface area contributed by atoms with Crippen LogP contribution in [0.3, 0.4) is 0 Å². The Morgan fingerprint density at radius 3 is 2.58 bits per heavy atom. The van der Waals surface area contributed by atoms with Crippen molar-refractivity contribution < 1.29 is 0 Å². The van der Waals surface area contributed by atoms with Crippen molar-refractivity contribution >= 4 is 11.2 Å². The molecule has 8 heteroatoms. The van der Waals surface area contributed by atoms with E-state index in [2.05, 4.69) is 15.1 Å². The molecule has 0 radical (unpaired) electrons. The van der Waals surface area contributed by atoms with Crippen LogP contribution < -0.4 is 11.2 Å². The van der Waals surface area contributed by atoms with Crippen LogP contribution in [0.25, 0.3) is 17.1 Å². The lowest BCUT2D eigenvalue weighted by molar-refractivity contribution is 0.708. The summed E-state index contributed by atoms with van der Waals surface area (Å²) in [6, 6.07) is 1.82. The third-order valence-electron chi connectivity index (χ3n) is 3.02. The lowest BCUT2D eigenvalue weighted by atomic mass is 10.5. The second-order valence-electron chi connectivity index (χ2n) is 4.37. The van der Waals surface area contributed by atoms with Crippen molar-refractivity contribution in [1.29, 1.82) is 0 Å². The van der Waals surface area contributed by atoms with Crippen LogP contribution in [0.15, 0.2) is 21.9 Å². The maximum absolute atomic E-state index is 12.0. The summed E-state index contributed by atoms with van der Waals surface area (Å²) in [7, 11) is 3.01. The predicted octanol–water partition coefficient (Wildman–Crippen LogP) is -0.546. The smallest absolute Gasteiger partial charge is 0.316 e. The minimum absolute atomic E-state index is 0.285. The summed E-state index contributed by atoms with van der Waals surface area (Å²) in [5, 5.41) is 4.21. The molecule has 0 bridgehead atoms. The molecule has 98 valence electrons. The van der Waals surface area contributed by atoms with Gasteiger partial charge in [-0.05, 0) is 13.0 Å². The first-order chi connectivity index (χ1) is 8.99. The van der Waals surface area contributed by atoms with E-state index in [1.807, 2.05) is 13.0 Å². The molecule has 0 aliphatic carbocycles. The Morgan fingerprint density at radius 2 is 1.95 bits per heavy atom. The highest BCUT2D eigenvalue weighted by Gasteiger charge is 2.14. The lowest BCUT2D eigenvalue weighted by Crippen LogP contribution is -2.36. The molecule has 0 amide bonds. The number of aromatic nitrogens is 6. The Labute approximate surface area is 106 Å². The van der Waals surface area contributed by atoms with Gasteiger partial charge >= 0.3 is 5.69 Å². The fourth-order valence-corrected chi connectivity index (χ4v) is 1.96. The topological polar surface area (TPSA) is 90.5 Å². The fourth-order valence-electron chi connectivity index (χ4n) is 1.96. The second kappa shape index (κ2) is 3.67. The molecular formula is C11H12N6O2. The molecule has 3 aromatic heterocycles. The van der Waals surface area contributed by atoms with Crippen molar-refractivity contribution in [1.82, 2.24) is 28.9 Å². The van der Waals surface area contributed by atoms with Gasteiger partial charge in [-0.1, -0.05) is 0 Å². The van der Waals surface area contributed by atoms with Gasteiger partial charge in [-0.3, -0.25) is 13.9 Å². The minimum Gasteiger partial charge on any atom is -0.316 e. The first kappa shape index (κ1) is 11.5. The van der Waals surface area contributed by atoms with Gasteiger partial charge in [0.15, 0.2) is 11.2 Å². The molecule has 0 fully saturated rings. The van der Waals surface area contributed by atoms with Crippen LogP contribution in [0.5, 0.6) is 0 Å². The zero-order valence-corrected chi connectivity index (χ0v) is 10.7. The van der Waals surface area contributed by atoms with Crippen LogP contribution in [-0.2, 0) is 14.1 Å². The van der Waals surface area contributed by atoms with Crippen LogP contribution in [-0.4, -0.2) is 28.9 Å². The third-order valence-corrected chi connectivity index (χ3v) is 3.02. The van der Waals surface area contributed by atoms with Gasteiger partial charge in [0.1, 0.15) is 0 Å². The van der Waals surface area contributed by atoms with E-state index in [1.165, 1.54) is 16.3 Å². The van der Waals surface area contributed by atoms with Crippen molar-refractivity contribution in [3.8, 4) is 5.95 Å². The average molecular weight is 260 g/mol. The van der Waals surface area contributed by atoms with Gasteiger partial charge in [0.25, 0.3) is 5.56 Å². The van der Waals surface area contributed by atoms with E-state index in [9.17, 15) is 9.59 Å². The Hall–Kier alpha value is -2.64. The summed E-state index contributed by atoms with van der Waals surface area (Å²) in [4.78, 5) is 31.0. The van der Waals surface area contributed by atoms with Crippen molar-refractivity contribution in [2.75, 3.05) is 0 Å². The van der Waals surface area contributed by atoms with Crippen LogP contribution in [0, 0.1) is 6.92 Å². The first-order valence-electron chi connectivity index (χ1n) is 5.67. The molecule has 0 spiro atoms. The molecule has 0 atom stereocenters. The van der Waals surface area contributed by atoms with Crippen LogP contribution in [0.2, 0.25) is 0 Å². The number of rotatable bonds is 1. The number of hydrogen-bond donors (Lipinski definition) is 1. The molecule has 8 nitrogen and oxygen atoms in total. The number of fused-ring (bicyclic) bond motifs is 1. The number of nitrogens with one attached hydrogen (secondary N) is 1. The monoisotopic (exact) mass is 260 g/mol. The van der Waals surface area contributed by atoms with E-state index >= 15 is 0 Å². The fraction of sp³-hybridized carbons (Fsp3) is 0.273. The molecule has 1 N–H and O–H groups in total. The van der Waals surface area contributed by atoms with Gasteiger partial charge in [0.05, 0.1) is 5.69 Å². The number of aromatic amines is 1. The predicted molar refractivity (Wildman–Crippen MR) is 68.4 cm³/mol. The number of imidazole rings is 1. The van der Waals surface area contributed by atoms with Gasteiger partial charge in [0.2, 0.25) is 5.95 Å². The van der Waals surface area contributed by atoms with Crippen molar-refractivity contribution in [3.63, 3.8) is 0 Å². The highest BCUT2D eigenvalue weighted by Crippen LogP contribution is 2.08. The zero-order valence-electron chi connectivity index (χ0n) is 10.7. The SMILES string of the molecule is Cc1ccn(-c2nc3c([nH]2)c(=O)n(C)c(=O)n3C)n1. The van der Waals surface area contributed by atoms with Crippen molar-refractivity contribution in [3.05, 3.63) is 38.8 Å². The minimum atomic E-state index is -0.410. The number of aryl methyl sites for hydroxylation is 2. The summed E-state index contributed by atoms with van der Waals surface area (Å²) >= 11 is 0. The molecule has 0 saturated heterocycles. The largest absolute Gasteiger partial charge is 0.332 e. The molecule has 0 unspecified atom stereocenters. The molecule has 19 heavy (non-hydrogen) atoms. The molecular weight excluding hydrogens is 248 g/mol. The van der Waals surface area contributed by atoms with E-state index in [4.69, 9.17) is 0 Å². The summed E-state index contributed by atoms with van der Waals surface area (Å²) < 4.78 is 3.89. The Balaban J connectivity index is 2.39. The summed E-state index contributed by atoms with van der Waals surface area (Å²) in [6.45, 7) is 1.86. The van der Waals surface area contributed by atoms with Crippen LogP contribution >= 0.6 is 0 Å². The molecule has 0 aliphatic heterocycles. The first-order valence-corrected chi connectivity index (χ1v) is 5.67. The summed E-state index contributed by atoms with van der Waals surface area (Å²) in [5.74, 6) is 0.404. The van der Waals surface area contributed by atoms with Crippen LogP contribution in [0.1, 0.15) is 5.69 Å². The van der Waals surface area contributed by atoms with Crippen LogP contribution in [0.4, 0.5) is 0 Å². The third kappa shape index (κ3) is 1.53. The average Bonchev–Trinajstić information content (AvgIpc) is 3.00. The standard InChI is InChI=1S/C11H12N6O2/c1-6-4-5-17(14-6)10-12-7-8(13-10)15(2)11(19)16(3)9(7)18/h4-5H,1-3H3,(H,12,13). The molecule has 3 aromatic rings. The number of H-pyrrole nitrogens is 1. The summed E-state index contributed by atoms with van der Waals surface area (Å²) in [5.41, 5.74) is 0.624. The van der Waals surface area contributed by atoms with Gasteiger partial charge < -0.3 is 4.98 Å². The number of hydrogen-bond acceptors (Lipinski definition) is 4. The van der Waals surface area contributed by atoms with Gasteiger partial charge in [-0.2, -0.15) is 10.1 Å². The quantitative estimate of drug-likeness (QED) is 0.636. The molecule has 0 saturated carbocycles. The van der Waals surface area contributed by atoms with Crippen molar-refractivity contribution in [2.24, 2.45) is 14.1 Å². The Bertz CT molecular complexity index is 894. The zero-order chi connectivity index (χ0) is 13.7. The van der Waals surface area contributed by atoms with Gasteiger partial charge in [-0.25, -0.2) is 9.48 Å². The Kier molecular flexibility index (Phi) is 2.21. The molecule has 0 aliphatic rings. The maximum Gasteiger partial charge on any atom is 0.332 e. The second-order valence-corrected chi connectivity index (χ2v) is 4.37. The molecule has 0 aromatic carbocycles. The summed E-state index contributed by atoms with van der Waals surface area (Å²) in [6.07, 6.45) is 1.73. The van der Waals surface area contributed by atoms with E-state index in [1.54, 1.807) is 13.2 Å². The van der Waals surface area contributed by atoms with E-state index < -0.39 is 11.2 Å². The van der Waals surface area contributed by atoms with E-state index in [0.717, 1.165) is 10.3 Å². The van der Waals surface area contributed by atoms with E-state index in [-0.39, 0.29) is 5.52 Å². The number of nitrogens with zero attached hydrogens (tertiary/aromatic N) is 5. The lowest BCUT2D eigenvalue weighted by Gasteiger charge is -2.00. The molecule has 3 heterocycles. The van der Waals surface area contributed by atoms with Crippen molar-refractivity contribution in [2.45, 2.75) is 6.92 Å².